The number of aromatic nitrogens is 1. The molecule has 96 valence electrons. The Morgan fingerprint density at radius 1 is 1.26 bits per heavy atom. The largest absolute Gasteiger partial charge is 0.439 e. The fourth-order valence-corrected chi connectivity index (χ4v) is 1.87. The van der Waals surface area contributed by atoms with Gasteiger partial charge in [-0.2, -0.15) is 5.26 Å². The predicted molar refractivity (Wildman–Crippen MR) is 74.3 cm³/mol. The van der Waals surface area contributed by atoms with Crippen LogP contribution >= 0.6 is 0 Å². The lowest BCUT2D eigenvalue weighted by atomic mass is 9.98. The molecule has 0 unspecified atom stereocenters. The van der Waals surface area contributed by atoms with E-state index >= 15 is 0 Å². The van der Waals surface area contributed by atoms with Crippen LogP contribution in [0.2, 0.25) is 0 Å². The van der Waals surface area contributed by atoms with E-state index in [1.165, 1.54) is 0 Å². The van der Waals surface area contributed by atoms with Crippen LogP contribution in [-0.4, -0.2) is 4.98 Å². The second-order valence-corrected chi connectivity index (χ2v) is 4.74. The zero-order valence-electron chi connectivity index (χ0n) is 11.3. The van der Waals surface area contributed by atoms with Crippen molar-refractivity contribution in [3.63, 3.8) is 0 Å². The summed E-state index contributed by atoms with van der Waals surface area (Å²) in [6.07, 6.45) is 1.70. The molecule has 2 rings (SSSR count). The lowest BCUT2D eigenvalue weighted by Gasteiger charge is -2.12. The van der Waals surface area contributed by atoms with E-state index in [1.54, 1.807) is 18.3 Å². The number of nitriles is 1. The van der Waals surface area contributed by atoms with Crippen molar-refractivity contribution in [1.29, 1.82) is 5.26 Å². The minimum Gasteiger partial charge on any atom is -0.439 e. The van der Waals surface area contributed by atoms with Crippen molar-refractivity contribution in [1.82, 2.24) is 4.98 Å². The van der Waals surface area contributed by atoms with Crippen LogP contribution in [-0.2, 0) is 0 Å². The van der Waals surface area contributed by atoms with Gasteiger partial charge in [-0.25, -0.2) is 4.98 Å². The lowest BCUT2D eigenvalue weighted by Crippen LogP contribution is -1.96. The van der Waals surface area contributed by atoms with Crippen LogP contribution in [0, 0.1) is 18.3 Å². The Morgan fingerprint density at radius 2 is 2.05 bits per heavy atom. The van der Waals surface area contributed by atoms with Crippen LogP contribution in [0.25, 0.3) is 0 Å². The first kappa shape index (κ1) is 13.1. The molecule has 0 aliphatic rings. The van der Waals surface area contributed by atoms with Crippen LogP contribution < -0.4 is 4.74 Å². The zero-order valence-corrected chi connectivity index (χ0v) is 11.3. The maximum atomic E-state index is 9.09. The van der Waals surface area contributed by atoms with E-state index < -0.39 is 0 Å². The van der Waals surface area contributed by atoms with E-state index in [4.69, 9.17) is 10.00 Å². The highest BCUT2D eigenvalue weighted by Crippen LogP contribution is 2.28. The summed E-state index contributed by atoms with van der Waals surface area (Å²) < 4.78 is 5.78. The Hall–Kier alpha value is -2.34. The van der Waals surface area contributed by atoms with Gasteiger partial charge in [-0.05, 0) is 42.7 Å². The summed E-state index contributed by atoms with van der Waals surface area (Å²) in [5.74, 6) is 1.59. The number of aryl methyl sites for hydroxylation is 1. The van der Waals surface area contributed by atoms with Gasteiger partial charge >= 0.3 is 0 Å². The minimum absolute atomic E-state index is 0.281. The number of nitrogens with zero attached hydrogens (tertiary/aromatic N) is 2. The topological polar surface area (TPSA) is 45.9 Å². The van der Waals surface area contributed by atoms with Crippen molar-refractivity contribution >= 4 is 0 Å². The van der Waals surface area contributed by atoms with Crippen molar-refractivity contribution in [3.05, 3.63) is 53.2 Å². The molecule has 0 bridgehead atoms. The number of rotatable bonds is 3. The molecule has 1 aromatic heterocycles. The van der Waals surface area contributed by atoms with E-state index in [0.717, 1.165) is 11.1 Å². The molecule has 0 aliphatic carbocycles. The normalized spacial score (nSPS) is 10.3. The molecule has 0 fully saturated rings. The molecule has 3 nitrogen and oxygen atoms in total. The first-order chi connectivity index (χ1) is 9.11. The Balaban J connectivity index is 2.35. The third-order valence-electron chi connectivity index (χ3n) is 2.94. The molecule has 0 N–H and O–H groups in total. The quantitative estimate of drug-likeness (QED) is 0.823. The Bertz CT molecular complexity index is 627. The Kier molecular flexibility index (Phi) is 3.82. The van der Waals surface area contributed by atoms with Gasteiger partial charge in [0.2, 0.25) is 5.88 Å². The predicted octanol–water partition coefficient (Wildman–Crippen LogP) is 4.18. The van der Waals surface area contributed by atoms with Crippen molar-refractivity contribution in [2.75, 3.05) is 0 Å². The summed E-state index contributed by atoms with van der Waals surface area (Å²) in [5.41, 5.74) is 2.67. The van der Waals surface area contributed by atoms with E-state index in [2.05, 4.69) is 24.9 Å². The minimum atomic E-state index is 0.281. The van der Waals surface area contributed by atoms with Gasteiger partial charge in [0.15, 0.2) is 0 Å². The van der Waals surface area contributed by atoms with Gasteiger partial charge in [0, 0.05) is 11.8 Å². The highest BCUT2D eigenvalue weighted by Gasteiger charge is 2.09. The molecule has 3 heteroatoms. The van der Waals surface area contributed by atoms with Gasteiger partial charge in [0.25, 0.3) is 0 Å². The SMILES string of the molecule is Cc1cccnc1Oc1ccc(C#N)c(C(C)C)c1. The van der Waals surface area contributed by atoms with Crippen molar-refractivity contribution in [2.45, 2.75) is 26.7 Å². The highest BCUT2D eigenvalue weighted by molar-refractivity contribution is 5.45. The smallest absolute Gasteiger partial charge is 0.222 e. The lowest BCUT2D eigenvalue weighted by molar-refractivity contribution is 0.458. The van der Waals surface area contributed by atoms with E-state index in [0.29, 0.717) is 17.2 Å². The Labute approximate surface area is 113 Å². The summed E-state index contributed by atoms with van der Waals surface area (Å²) in [6, 6.07) is 11.6. The molecule has 0 saturated heterocycles. The second kappa shape index (κ2) is 5.53. The monoisotopic (exact) mass is 252 g/mol. The summed E-state index contributed by atoms with van der Waals surface area (Å²) in [7, 11) is 0. The van der Waals surface area contributed by atoms with Crippen LogP contribution in [0.4, 0.5) is 0 Å². The average molecular weight is 252 g/mol. The fourth-order valence-electron chi connectivity index (χ4n) is 1.87. The third kappa shape index (κ3) is 2.92. The van der Waals surface area contributed by atoms with E-state index in [-0.39, 0.29) is 5.92 Å². The first-order valence-corrected chi connectivity index (χ1v) is 6.25. The third-order valence-corrected chi connectivity index (χ3v) is 2.94. The summed E-state index contributed by atoms with van der Waals surface area (Å²) in [6.45, 7) is 6.08. The molecule has 2 aromatic rings. The second-order valence-electron chi connectivity index (χ2n) is 4.74. The van der Waals surface area contributed by atoms with Gasteiger partial charge in [0.05, 0.1) is 11.6 Å². The molecule has 0 saturated carbocycles. The van der Waals surface area contributed by atoms with Gasteiger partial charge < -0.3 is 4.74 Å². The van der Waals surface area contributed by atoms with Crippen LogP contribution in [0.15, 0.2) is 36.5 Å². The first-order valence-electron chi connectivity index (χ1n) is 6.25. The number of hydrogen-bond donors (Lipinski definition) is 0. The van der Waals surface area contributed by atoms with Crippen molar-refractivity contribution in [2.24, 2.45) is 0 Å². The van der Waals surface area contributed by atoms with Gasteiger partial charge in [-0.1, -0.05) is 19.9 Å². The maximum Gasteiger partial charge on any atom is 0.222 e. The van der Waals surface area contributed by atoms with Crippen molar-refractivity contribution < 1.29 is 4.74 Å². The van der Waals surface area contributed by atoms with E-state index in [1.807, 2.05) is 25.1 Å². The van der Waals surface area contributed by atoms with Gasteiger partial charge in [-0.15, -0.1) is 0 Å². The average Bonchev–Trinajstić information content (AvgIpc) is 2.41. The molecule has 1 aromatic carbocycles. The molecule has 1 heterocycles. The van der Waals surface area contributed by atoms with Crippen LogP contribution in [0.5, 0.6) is 11.6 Å². The number of ether oxygens (including phenoxy) is 1. The maximum absolute atomic E-state index is 9.09. The summed E-state index contributed by atoms with van der Waals surface area (Å²) in [4.78, 5) is 4.20. The zero-order chi connectivity index (χ0) is 13.8. The molecule has 0 atom stereocenters. The van der Waals surface area contributed by atoms with Gasteiger partial charge in [-0.3, -0.25) is 0 Å². The van der Waals surface area contributed by atoms with E-state index in [9.17, 15) is 0 Å². The van der Waals surface area contributed by atoms with Crippen molar-refractivity contribution in [3.8, 4) is 17.7 Å². The fraction of sp³-hybridized carbons (Fsp3) is 0.250. The standard InChI is InChI=1S/C16H16N2O/c1-11(2)15-9-14(7-6-13(15)10-17)19-16-12(3)5-4-8-18-16/h4-9,11H,1-3H3. The molecule has 0 amide bonds. The summed E-state index contributed by atoms with van der Waals surface area (Å²) in [5, 5.41) is 9.09. The summed E-state index contributed by atoms with van der Waals surface area (Å²) >= 11 is 0. The molecule has 19 heavy (non-hydrogen) atoms. The number of hydrogen-bond acceptors (Lipinski definition) is 3. The molecular weight excluding hydrogens is 236 g/mol. The number of pyridine rings is 1. The molecule has 0 aliphatic heterocycles. The van der Waals surface area contributed by atoms with Crippen LogP contribution in [0.1, 0.15) is 36.5 Å². The molecular formula is C16H16N2O. The molecule has 0 radical (unpaired) electrons. The highest BCUT2D eigenvalue weighted by atomic mass is 16.5. The molecule has 0 spiro atoms. The van der Waals surface area contributed by atoms with Gasteiger partial charge in [0.1, 0.15) is 5.75 Å². The number of benzene rings is 1. The Morgan fingerprint density at radius 3 is 2.68 bits per heavy atom. The van der Waals surface area contributed by atoms with Crippen LogP contribution in [0.3, 0.4) is 0 Å².